The molecule has 0 aromatic heterocycles. The zero-order valence-corrected chi connectivity index (χ0v) is 21.7. The van der Waals surface area contributed by atoms with Crippen molar-refractivity contribution in [3.05, 3.63) is 96.1 Å². The highest BCUT2D eigenvalue weighted by atomic mass is 14.6. The van der Waals surface area contributed by atoms with Crippen LogP contribution in [0, 0.1) is 34.5 Å². The van der Waals surface area contributed by atoms with E-state index in [1.54, 1.807) is 0 Å². The largest absolute Gasteiger partial charge is 0.0846 e. The fourth-order valence-corrected chi connectivity index (χ4v) is 7.21. The highest BCUT2D eigenvalue weighted by molar-refractivity contribution is 5.49. The van der Waals surface area contributed by atoms with Crippen LogP contribution in [0.2, 0.25) is 0 Å². The fraction of sp³-hybridized carbons (Fsp3) is 0.515. The molecular formula is C33H44. The number of rotatable bonds is 6. The zero-order chi connectivity index (χ0) is 23.7. The first-order valence-electron chi connectivity index (χ1n) is 13.2. The molecule has 0 radical (unpaired) electrons. The third-order valence-electron chi connectivity index (χ3n) is 9.26. The summed E-state index contributed by atoms with van der Waals surface area (Å²) in [6.07, 6.45) is 15.3. The molecule has 2 aromatic rings. The van der Waals surface area contributed by atoms with Crippen LogP contribution in [0.1, 0.15) is 78.4 Å². The lowest BCUT2D eigenvalue weighted by molar-refractivity contribution is 0.0678. The van der Waals surface area contributed by atoms with E-state index in [1.807, 2.05) is 0 Å². The molecule has 4 atom stereocenters. The lowest BCUT2D eigenvalue weighted by atomic mass is 9.42. The molecule has 0 amide bonds. The fourth-order valence-electron chi connectivity index (χ4n) is 7.21. The minimum absolute atomic E-state index is 0.0326. The highest BCUT2D eigenvalue weighted by Gasteiger charge is 2.59. The molecule has 0 nitrogen and oxygen atoms in total. The second kappa shape index (κ2) is 9.28. The molecular weight excluding hydrogens is 396 g/mol. The summed E-state index contributed by atoms with van der Waals surface area (Å²) in [6.45, 7) is 14.6. The Kier molecular flexibility index (Phi) is 6.77. The van der Waals surface area contributed by atoms with Gasteiger partial charge in [-0.25, -0.2) is 0 Å². The van der Waals surface area contributed by atoms with Gasteiger partial charge in [0.1, 0.15) is 0 Å². The van der Waals surface area contributed by atoms with Crippen molar-refractivity contribution in [2.75, 3.05) is 0 Å². The van der Waals surface area contributed by atoms with E-state index in [0.717, 1.165) is 0 Å². The first-order valence-corrected chi connectivity index (χ1v) is 13.2. The molecule has 4 rings (SSSR count). The molecule has 2 aliphatic rings. The van der Waals surface area contributed by atoms with E-state index in [-0.39, 0.29) is 16.2 Å². The van der Waals surface area contributed by atoms with Gasteiger partial charge in [0.15, 0.2) is 0 Å². The molecule has 0 saturated heterocycles. The van der Waals surface area contributed by atoms with Crippen molar-refractivity contribution in [3.8, 4) is 0 Å². The standard InChI is InChI=1S/C33H44/c1-25(2)27-17-21-31(5,22-18-27)33(29-13-9-7-10-14-29,30-15-11-8-12-16-30)32(6)23-19-28(20-24-32)26(3)4/h7-17,19,21,23,25-28H,18,20,22,24H2,1-6H3. The van der Waals surface area contributed by atoms with Crippen LogP contribution in [0.25, 0.3) is 0 Å². The van der Waals surface area contributed by atoms with Crippen molar-refractivity contribution in [2.24, 2.45) is 34.5 Å². The summed E-state index contributed by atoms with van der Waals surface area (Å²) in [6, 6.07) is 22.9. The minimum Gasteiger partial charge on any atom is -0.0846 e. The minimum atomic E-state index is -0.126. The van der Waals surface area contributed by atoms with Crippen molar-refractivity contribution in [2.45, 2.75) is 72.6 Å². The first kappa shape index (κ1) is 24.1. The Morgan fingerprint density at radius 1 is 0.636 bits per heavy atom. The van der Waals surface area contributed by atoms with Gasteiger partial charge in [-0.1, -0.05) is 127 Å². The normalized spacial score (nSPS) is 30.2. The van der Waals surface area contributed by atoms with Gasteiger partial charge in [-0.3, -0.25) is 0 Å². The van der Waals surface area contributed by atoms with Gasteiger partial charge >= 0.3 is 0 Å². The van der Waals surface area contributed by atoms with E-state index in [4.69, 9.17) is 0 Å². The van der Waals surface area contributed by atoms with Gasteiger partial charge in [0.25, 0.3) is 0 Å². The third-order valence-corrected chi connectivity index (χ3v) is 9.26. The topological polar surface area (TPSA) is 0 Å². The monoisotopic (exact) mass is 440 g/mol. The average Bonchev–Trinajstić information content (AvgIpc) is 2.81. The van der Waals surface area contributed by atoms with Gasteiger partial charge in [-0.05, 0) is 71.3 Å². The molecule has 2 aliphatic carbocycles. The SMILES string of the molecule is CC(C)C1C=CC(C)(C(c2ccccc2)(c2ccccc2)C2(C)C=CC(C(C)C)CC2)CC1. The predicted octanol–water partition coefficient (Wildman–Crippen LogP) is 9.23. The van der Waals surface area contributed by atoms with E-state index >= 15 is 0 Å². The molecule has 33 heavy (non-hydrogen) atoms. The molecule has 0 N–H and O–H groups in total. The van der Waals surface area contributed by atoms with Gasteiger partial charge < -0.3 is 0 Å². The van der Waals surface area contributed by atoms with Crippen LogP contribution in [0.4, 0.5) is 0 Å². The van der Waals surface area contributed by atoms with Crippen molar-refractivity contribution >= 4 is 0 Å². The molecule has 2 aromatic carbocycles. The van der Waals surface area contributed by atoms with Crippen molar-refractivity contribution in [1.29, 1.82) is 0 Å². The predicted molar refractivity (Wildman–Crippen MR) is 143 cm³/mol. The Morgan fingerprint density at radius 2 is 1.00 bits per heavy atom. The summed E-state index contributed by atoms with van der Waals surface area (Å²) in [4.78, 5) is 0. The van der Waals surface area contributed by atoms with Gasteiger partial charge in [-0.15, -0.1) is 0 Å². The molecule has 0 heteroatoms. The quantitative estimate of drug-likeness (QED) is 0.393. The molecule has 0 bridgehead atoms. The van der Waals surface area contributed by atoms with Gasteiger partial charge in [0.05, 0.1) is 0 Å². The lowest BCUT2D eigenvalue weighted by Crippen LogP contribution is -2.56. The molecule has 0 spiro atoms. The van der Waals surface area contributed by atoms with Crippen LogP contribution in [-0.4, -0.2) is 0 Å². The van der Waals surface area contributed by atoms with Crippen LogP contribution in [0.15, 0.2) is 85.0 Å². The average molecular weight is 441 g/mol. The smallest absolute Gasteiger partial charge is 0.0378 e. The first-order chi connectivity index (χ1) is 15.7. The Labute approximate surface area is 203 Å². The second-order valence-corrected chi connectivity index (χ2v) is 11.9. The second-order valence-electron chi connectivity index (χ2n) is 11.9. The summed E-state index contributed by atoms with van der Waals surface area (Å²) >= 11 is 0. The van der Waals surface area contributed by atoms with Crippen LogP contribution >= 0.6 is 0 Å². The third kappa shape index (κ3) is 4.05. The summed E-state index contributed by atoms with van der Waals surface area (Å²) in [5, 5.41) is 0. The van der Waals surface area contributed by atoms with Gasteiger partial charge in [0.2, 0.25) is 0 Å². The summed E-state index contributed by atoms with van der Waals surface area (Å²) in [7, 11) is 0. The Balaban J connectivity index is 2.00. The van der Waals surface area contributed by atoms with E-state index in [2.05, 4.69) is 127 Å². The van der Waals surface area contributed by atoms with Gasteiger partial charge in [-0.2, -0.15) is 0 Å². The zero-order valence-electron chi connectivity index (χ0n) is 21.7. The van der Waals surface area contributed by atoms with Crippen LogP contribution in [0.5, 0.6) is 0 Å². The molecule has 0 saturated carbocycles. The van der Waals surface area contributed by atoms with E-state index in [0.29, 0.717) is 23.7 Å². The Morgan fingerprint density at radius 3 is 1.27 bits per heavy atom. The van der Waals surface area contributed by atoms with Crippen LogP contribution in [-0.2, 0) is 5.41 Å². The van der Waals surface area contributed by atoms with Crippen LogP contribution in [0.3, 0.4) is 0 Å². The maximum Gasteiger partial charge on any atom is 0.0378 e. The van der Waals surface area contributed by atoms with Gasteiger partial charge in [0, 0.05) is 5.41 Å². The molecule has 0 fully saturated rings. The maximum absolute atomic E-state index is 2.62. The number of hydrogen-bond donors (Lipinski definition) is 0. The molecule has 4 unspecified atom stereocenters. The van der Waals surface area contributed by atoms with Crippen LogP contribution < -0.4 is 0 Å². The number of allylic oxidation sites excluding steroid dienone is 4. The van der Waals surface area contributed by atoms with E-state index < -0.39 is 0 Å². The highest BCUT2D eigenvalue weighted by Crippen LogP contribution is 2.64. The molecule has 0 aliphatic heterocycles. The maximum atomic E-state index is 2.62. The summed E-state index contributed by atoms with van der Waals surface area (Å²) in [5.41, 5.74) is 2.86. The van der Waals surface area contributed by atoms with E-state index in [1.165, 1.54) is 36.8 Å². The lowest BCUT2D eigenvalue weighted by Gasteiger charge is -2.60. The van der Waals surface area contributed by atoms with E-state index in [9.17, 15) is 0 Å². The summed E-state index contributed by atoms with van der Waals surface area (Å²) in [5.74, 6) is 2.76. The number of benzene rings is 2. The molecule has 176 valence electrons. The van der Waals surface area contributed by atoms with Crippen molar-refractivity contribution in [3.63, 3.8) is 0 Å². The van der Waals surface area contributed by atoms with Crippen molar-refractivity contribution < 1.29 is 0 Å². The summed E-state index contributed by atoms with van der Waals surface area (Å²) < 4.78 is 0. The Bertz CT molecular complexity index is 882. The Hall–Kier alpha value is -2.08. The molecule has 0 heterocycles. The number of hydrogen-bond acceptors (Lipinski definition) is 0. The van der Waals surface area contributed by atoms with Crippen molar-refractivity contribution in [1.82, 2.24) is 0 Å².